The average molecular weight is 275 g/mol. The maximum Gasteiger partial charge on any atom is 0.323 e. The standard InChI is InChI=1S/C12H13N5O3/c18-10-5-13-9(4-14-10)11(19)15-6-1-2-7-8(3-6)17-12(20)16-7/h1-3,9,13H,4-5H2,(H,14,18)(H,15,19)(H2,16,17,20). The number of carbonyl (C=O) groups excluding carboxylic acids is 2. The van der Waals surface area contributed by atoms with E-state index in [0.29, 0.717) is 16.7 Å². The summed E-state index contributed by atoms with van der Waals surface area (Å²) in [5.74, 6) is -0.359. The monoisotopic (exact) mass is 275 g/mol. The van der Waals surface area contributed by atoms with Gasteiger partial charge in [-0.25, -0.2) is 4.79 Å². The molecule has 0 aliphatic carbocycles. The van der Waals surface area contributed by atoms with Crippen LogP contribution in [0.25, 0.3) is 11.0 Å². The van der Waals surface area contributed by atoms with Crippen molar-refractivity contribution in [3.8, 4) is 0 Å². The molecule has 1 fully saturated rings. The van der Waals surface area contributed by atoms with Gasteiger partial charge in [-0.1, -0.05) is 0 Å². The Morgan fingerprint density at radius 1 is 1.20 bits per heavy atom. The summed E-state index contributed by atoms with van der Waals surface area (Å²) in [4.78, 5) is 39.4. The normalized spacial score (nSPS) is 18.8. The van der Waals surface area contributed by atoms with E-state index < -0.39 is 6.04 Å². The third-order valence-corrected chi connectivity index (χ3v) is 3.11. The van der Waals surface area contributed by atoms with Crippen LogP contribution in [0.4, 0.5) is 5.69 Å². The van der Waals surface area contributed by atoms with Crippen molar-refractivity contribution in [3.63, 3.8) is 0 Å². The Morgan fingerprint density at radius 2 is 2.00 bits per heavy atom. The quantitative estimate of drug-likeness (QED) is 0.477. The molecule has 0 spiro atoms. The molecule has 2 aromatic rings. The first-order valence-corrected chi connectivity index (χ1v) is 6.15. The molecular formula is C12H13N5O3. The number of piperazine rings is 1. The lowest BCUT2D eigenvalue weighted by molar-refractivity contribution is -0.124. The second-order valence-electron chi connectivity index (χ2n) is 4.57. The van der Waals surface area contributed by atoms with Crippen LogP contribution in [0.5, 0.6) is 0 Å². The van der Waals surface area contributed by atoms with Gasteiger partial charge in [0.2, 0.25) is 11.8 Å². The number of imidazole rings is 1. The van der Waals surface area contributed by atoms with Gasteiger partial charge < -0.3 is 20.6 Å². The zero-order valence-corrected chi connectivity index (χ0v) is 10.4. The molecule has 1 aromatic carbocycles. The molecule has 8 nitrogen and oxygen atoms in total. The Balaban J connectivity index is 1.73. The number of rotatable bonds is 2. The molecular weight excluding hydrogens is 262 g/mol. The van der Waals surface area contributed by atoms with Crippen molar-refractivity contribution in [2.75, 3.05) is 18.4 Å². The van der Waals surface area contributed by atoms with E-state index in [4.69, 9.17) is 0 Å². The van der Waals surface area contributed by atoms with Gasteiger partial charge in [0, 0.05) is 12.2 Å². The summed E-state index contributed by atoms with van der Waals surface area (Å²) in [6, 6.07) is 4.62. The number of fused-ring (bicyclic) bond motifs is 1. The number of H-pyrrole nitrogens is 2. The molecule has 1 saturated heterocycles. The molecule has 0 saturated carbocycles. The molecule has 2 heterocycles. The molecule has 1 unspecified atom stereocenters. The summed E-state index contributed by atoms with van der Waals surface area (Å²) in [7, 11) is 0. The van der Waals surface area contributed by atoms with Crippen molar-refractivity contribution in [1.29, 1.82) is 0 Å². The van der Waals surface area contributed by atoms with Crippen LogP contribution in [0.3, 0.4) is 0 Å². The van der Waals surface area contributed by atoms with Crippen molar-refractivity contribution < 1.29 is 9.59 Å². The zero-order chi connectivity index (χ0) is 14.1. The Labute approximate surface area is 112 Å². The molecule has 1 aliphatic rings. The number of hydrogen-bond donors (Lipinski definition) is 5. The number of aromatic amines is 2. The van der Waals surface area contributed by atoms with Crippen LogP contribution >= 0.6 is 0 Å². The summed E-state index contributed by atoms with van der Waals surface area (Å²) in [6.45, 7) is 0.385. The summed E-state index contributed by atoms with van der Waals surface area (Å²) in [5, 5.41) is 8.20. The third-order valence-electron chi connectivity index (χ3n) is 3.11. The van der Waals surface area contributed by atoms with Gasteiger partial charge in [0.25, 0.3) is 0 Å². The highest BCUT2D eigenvalue weighted by Gasteiger charge is 2.23. The highest BCUT2D eigenvalue weighted by atomic mass is 16.2. The fraction of sp³-hybridized carbons (Fsp3) is 0.250. The third kappa shape index (κ3) is 2.41. The summed E-state index contributed by atoms with van der Waals surface area (Å²) in [6.07, 6.45) is 0. The first-order valence-electron chi connectivity index (χ1n) is 6.15. The lowest BCUT2D eigenvalue weighted by Crippen LogP contribution is -2.56. The van der Waals surface area contributed by atoms with Gasteiger partial charge in [0.1, 0.15) is 6.04 Å². The Kier molecular flexibility index (Phi) is 2.99. The molecule has 2 amide bonds. The summed E-state index contributed by atoms with van der Waals surface area (Å²) >= 11 is 0. The first kappa shape index (κ1) is 12.4. The number of amides is 2. The summed E-state index contributed by atoms with van der Waals surface area (Å²) < 4.78 is 0. The van der Waals surface area contributed by atoms with Gasteiger partial charge >= 0.3 is 5.69 Å². The van der Waals surface area contributed by atoms with Gasteiger partial charge in [-0.3, -0.25) is 14.9 Å². The van der Waals surface area contributed by atoms with Crippen molar-refractivity contribution in [1.82, 2.24) is 20.6 Å². The minimum atomic E-state index is -0.464. The van der Waals surface area contributed by atoms with E-state index in [0.717, 1.165) is 0 Å². The van der Waals surface area contributed by atoms with E-state index in [1.165, 1.54) is 0 Å². The van der Waals surface area contributed by atoms with Crippen LogP contribution in [0.15, 0.2) is 23.0 Å². The van der Waals surface area contributed by atoms with Crippen LogP contribution in [-0.4, -0.2) is 40.9 Å². The van der Waals surface area contributed by atoms with Crippen molar-refractivity contribution in [2.24, 2.45) is 0 Å². The van der Waals surface area contributed by atoms with Gasteiger partial charge in [0.15, 0.2) is 0 Å². The maximum atomic E-state index is 12.0. The van der Waals surface area contributed by atoms with E-state index in [9.17, 15) is 14.4 Å². The maximum absolute atomic E-state index is 12.0. The van der Waals surface area contributed by atoms with Crippen molar-refractivity contribution in [2.45, 2.75) is 6.04 Å². The first-order chi connectivity index (χ1) is 9.61. The highest BCUT2D eigenvalue weighted by molar-refractivity contribution is 5.97. The summed E-state index contributed by atoms with van der Waals surface area (Å²) in [5.41, 5.74) is 1.59. The van der Waals surface area contributed by atoms with Crippen LogP contribution in [0, 0.1) is 0 Å². The Hall–Kier alpha value is -2.61. The van der Waals surface area contributed by atoms with E-state index in [2.05, 4.69) is 25.9 Å². The van der Waals surface area contributed by atoms with E-state index in [1.807, 2.05) is 0 Å². The predicted molar refractivity (Wildman–Crippen MR) is 72.3 cm³/mol. The number of anilines is 1. The van der Waals surface area contributed by atoms with Gasteiger partial charge in [-0.15, -0.1) is 0 Å². The molecule has 3 rings (SSSR count). The number of benzene rings is 1. The van der Waals surface area contributed by atoms with E-state index >= 15 is 0 Å². The van der Waals surface area contributed by atoms with Crippen molar-refractivity contribution >= 4 is 28.5 Å². The molecule has 8 heteroatoms. The molecule has 0 bridgehead atoms. The second kappa shape index (κ2) is 4.82. The largest absolute Gasteiger partial charge is 0.353 e. The second-order valence-corrected chi connectivity index (χ2v) is 4.57. The SMILES string of the molecule is O=C1CNC(C(=O)Nc2ccc3[nH]c(=O)[nH]c3c2)CN1. The van der Waals surface area contributed by atoms with Crippen LogP contribution in [-0.2, 0) is 9.59 Å². The zero-order valence-electron chi connectivity index (χ0n) is 10.4. The number of nitrogens with one attached hydrogen (secondary N) is 5. The lowest BCUT2D eigenvalue weighted by Gasteiger charge is -2.23. The minimum Gasteiger partial charge on any atom is -0.353 e. The van der Waals surface area contributed by atoms with Gasteiger partial charge in [-0.2, -0.15) is 0 Å². The van der Waals surface area contributed by atoms with Crippen LogP contribution in [0.2, 0.25) is 0 Å². The number of hydrogen-bond acceptors (Lipinski definition) is 4. The van der Waals surface area contributed by atoms with E-state index in [1.54, 1.807) is 18.2 Å². The number of aromatic nitrogens is 2. The van der Waals surface area contributed by atoms with Crippen LogP contribution in [0.1, 0.15) is 0 Å². The predicted octanol–water partition coefficient (Wildman–Crippen LogP) is -1.12. The average Bonchev–Trinajstić information content (AvgIpc) is 2.78. The smallest absolute Gasteiger partial charge is 0.323 e. The van der Waals surface area contributed by atoms with Crippen LogP contribution < -0.4 is 21.6 Å². The topological polar surface area (TPSA) is 119 Å². The molecule has 104 valence electrons. The van der Waals surface area contributed by atoms with Crippen molar-refractivity contribution in [3.05, 3.63) is 28.7 Å². The highest BCUT2D eigenvalue weighted by Crippen LogP contribution is 2.14. The molecule has 0 radical (unpaired) electrons. The molecule has 5 N–H and O–H groups in total. The molecule has 1 aliphatic heterocycles. The fourth-order valence-corrected chi connectivity index (χ4v) is 2.09. The minimum absolute atomic E-state index is 0.125. The Bertz CT molecular complexity index is 722. The molecule has 1 atom stereocenters. The molecule has 20 heavy (non-hydrogen) atoms. The fourth-order valence-electron chi connectivity index (χ4n) is 2.09. The van der Waals surface area contributed by atoms with E-state index in [-0.39, 0.29) is 30.6 Å². The molecule has 1 aromatic heterocycles. The van der Waals surface area contributed by atoms with Gasteiger partial charge in [0.05, 0.1) is 17.6 Å². The lowest BCUT2D eigenvalue weighted by atomic mass is 10.2. The van der Waals surface area contributed by atoms with Gasteiger partial charge in [-0.05, 0) is 18.2 Å². The Morgan fingerprint density at radius 3 is 2.75 bits per heavy atom. The number of carbonyl (C=O) groups is 2.